The van der Waals surface area contributed by atoms with Crippen LogP contribution in [-0.4, -0.2) is 4.98 Å². The second kappa shape index (κ2) is 5.83. The zero-order valence-corrected chi connectivity index (χ0v) is 11.5. The van der Waals surface area contributed by atoms with Crippen LogP contribution >= 0.6 is 22.9 Å². The molecule has 0 aliphatic rings. The topological polar surface area (TPSA) is 48.7 Å². The van der Waals surface area contributed by atoms with Crippen molar-refractivity contribution >= 4 is 34.2 Å². The number of nitrogens with zero attached hydrogens (tertiary/aromatic N) is 2. The van der Waals surface area contributed by atoms with E-state index >= 15 is 0 Å². The average Bonchev–Trinajstić information content (AvgIpc) is 2.82. The van der Waals surface area contributed by atoms with Crippen LogP contribution in [0.4, 0.5) is 10.1 Å². The molecule has 0 aliphatic carbocycles. The summed E-state index contributed by atoms with van der Waals surface area (Å²) in [6, 6.07) is 6.65. The van der Waals surface area contributed by atoms with E-state index in [1.807, 2.05) is 18.4 Å². The minimum Gasteiger partial charge on any atom is -0.358 e. The van der Waals surface area contributed by atoms with E-state index in [0.717, 1.165) is 5.69 Å². The minimum absolute atomic E-state index is 0.0296. The standard InChI is InChI=1S/C13H9ClFN3S/c1-8-7-19-13(18-8)9(5-16)6-17-11-4-2-3-10(14)12(11)15/h2-4,6-7,17H,1H3/b9-6+. The summed E-state index contributed by atoms with van der Waals surface area (Å²) in [6.07, 6.45) is 1.42. The van der Waals surface area contributed by atoms with Crippen molar-refractivity contribution in [3.8, 4) is 6.07 Å². The number of allylic oxidation sites excluding steroid dienone is 1. The van der Waals surface area contributed by atoms with Gasteiger partial charge in [-0.1, -0.05) is 17.7 Å². The number of rotatable bonds is 3. The fourth-order valence-electron chi connectivity index (χ4n) is 1.38. The van der Waals surface area contributed by atoms with Crippen molar-refractivity contribution in [2.24, 2.45) is 0 Å². The molecule has 0 aliphatic heterocycles. The van der Waals surface area contributed by atoms with Gasteiger partial charge in [-0.3, -0.25) is 0 Å². The molecular weight excluding hydrogens is 285 g/mol. The van der Waals surface area contributed by atoms with E-state index in [2.05, 4.69) is 10.3 Å². The van der Waals surface area contributed by atoms with Gasteiger partial charge in [0.25, 0.3) is 0 Å². The Bertz CT molecular complexity index is 673. The quantitative estimate of drug-likeness (QED) is 0.862. The molecule has 3 nitrogen and oxygen atoms in total. The number of nitrogens with one attached hydrogen (secondary N) is 1. The summed E-state index contributed by atoms with van der Waals surface area (Å²) in [5.41, 5.74) is 1.40. The van der Waals surface area contributed by atoms with Gasteiger partial charge in [-0.2, -0.15) is 5.26 Å². The van der Waals surface area contributed by atoms with Crippen LogP contribution < -0.4 is 5.32 Å². The van der Waals surface area contributed by atoms with Crippen LogP contribution in [0.2, 0.25) is 5.02 Å². The summed E-state index contributed by atoms with van der Waals surface area (Å²) in [6.45, 7) is 1.85. The van der Waals surface area contributed by atoms with Crippen LogP contribution in [0.3, 0.4) is 0 Å². The van der Waals surface area contributed by atoms with Crippen molar-refractivity contribution in [1.29, 1.82) is 5.26 Å². The van der Waals surface area contributed by atoms with Crippen LogP contribution in [0.25, 0.3) is 5.57 Å². The lowest BCUT2D eigenvalue weighted by atomic mass is 10.3. The van der Waals surface area contributed by atoms with Crippen LogP contribution in [0, 0.1) is 24.1 Å². The Hall–Kier alpha value is -1.90. The number of nitriles is 1. The number of aryl methyl sites for hydroxylation is 1. The Morgan fingerprint density at radius 3 is 3.00 bits per heavy atom. The highest BCUT2D eigenvalue weighted by Crippen LogP contribution is 2.23. The molecule has 2 rings (SSSR count). The molecule has 0 bridgehead atoms. The summed E-state index contributed by atoms with van der Waals surface area (Å²) in [4.78, 5) is 4.20. The number of anilines is 1. The molecule has 0 spiro atoms. The van der Waals surface area contributed by atoms with Crippen molar-refractivity contribution in [2.45, 2.75) is 6.92 Å². The Morgan fingerprint density at radius 2 is 2.37 bits per heavy atom. The largest absolute Gasteiger partial charge is 0.358 e. The number of benzene rings is 1. The first kappa shape index (κ1) is 13.5. The van der Waals surface area contributed by atoms with Crippen molar-refractivity contribution in [1.82, 2.24) is 4.98 Å². The highest BCUT2D eigenvalue weighted by atomic mass is 35.5. The second-order valence-corrected chi connectivity index (χ2v) is 4.97. The highest BCUT2D eigenvalue weighted by Gasteiger charge is 2.07. The molecule has 1 aromatic heterocycles. The first-order chi connectivity index (χ1) is 9.11. The summed E-state index contributed by atoms with van der Waals surface area (Å²) in [5.74, 6) is -0.548. The monoisotopic (exact) mass is 293 g/mol. The van der Waals surface area contributed by atoms with Crippen LogP contribution in [0.1, 0.15) is 10.7 Å². The smallest absolute Gasteiger partial charge is 0.165 e. The summed E-state index contributed by atoms with van der Waals surface area (Å²) in [7, 11) is 0. The third-order valence-corrected chi connectivity index (χ3v) is 3.58. The molecule has 0 radical (unpaired) electrons. The van der Waals surface area contributed by atoms with E-state index in [4.69, 9.17) is 16.9 Å². The Balaban J connectivity index is 2.26. The molecule has 96 valence electrons. The van der Waals surface area contributed by atoms with Gasteiger partial charge in [0.1, 0.15) is 16.6 Å². The lowest BCUT2D eigenvalue weighted by molar-refractivity contribution is 0.632. The third kappa shape index (κ3) is 3.11. The van der Waals surface area contributed by atoms with Gasteiger partial charge in [-0.15, -0.1) is 11.3 Å². The van der Waals surface area contributed by atoms with Crippen LogP contribution in [0.5, 0.6) is 0 Å². The zero-order valence-electron chi connectivity index (χ0n) is 9.95. The molecular formula is C13H9ClFN3S. The van der Waals surface area contributed by atoms with Crippen LogP contribution in [-0.2, 0) is 0 Å². The van der Waals surface area contributed by atoms with E-state index in [9.17, 15) is 4.39 Å². The maximum atomic E-state index is 13.6. The molecule has 0 fully saturated rings. The molecule has 6 heteroatoms. The van der Waals surface area contributed by atoms with Gasteiger partial charge in [-0.25, -0.2) is 9.37 Å². The minimum atomic E-state index is -0.548. The zero-order chi connectivity index (χ0) is 13.8. The van der Waals surface area contributed by atoms with E-state index in [-0.39, 0.29) is 10.7 Å². The van der Waals surface area contributed by atoms with E-state index < -0.39 is 5.82 Å². The second-order valence-electron chi connectivity index (χ2n) is 3.71. The molecule has 0 saturated carbocycles. The van der Waals surface area contributed by atoms with Gasteiger partial charge in [0.2, 0.25) is 0 Å². The van der Waals surface area contributed by atoms with Gasteiger partial charge < -0.3 is 5.32 Å². The van der Waals surface area contributed by atoms with Gasteiger partial charge >= 0.3 is 0 Å². The predicted molar refractivity (Wildman–Crippen MR) is 75.5 cm³/mol. The van der Waals surface area contributed by atoms with Crippen molar-refractivity contribution in [3.63, 3.8) is 0 Å². The maximum Gasteiger partial charge on any atom is 0.165 e. The number of hydrogen-bond donors (Lipinski definition) is 1. The highest BCUT2D eigenvalue weighted by molar-refractivity contribution is 7.10. The molecule has 1 heterocycles. The first-order valence-corrected chi connectivity index (χ1v) is 6.61. The molecule has 19 heavy (non-hydrogen) atoms. The molecule has 2 aromatic rings. The number of aromatic nitrogens is 1. The maximum absolute atomic E-state index is 13.6. The van der Waals surface area contributed by atoms with Gasteiger partial charge in [0.05, 0.1) is 10.7 Å². The summed E-state index contributed by atoms with van der Waals surface area (Å²) in [5, 5.41) is 14.3. The average molecular weight is 294 g/mol. The van der Waals surface area contributed by atoms with Gasteiger partial charge in [-0.05, 0) is 19.1 Å². The molecule has 0 amide bonds. The molecule has 1 N–H and O–H groups in total. The molecule has 0 atom stereocenters. The van der Waals surface area contributed by atoms with Crippen LogP contribution in [0.15, 0.2) is 29.8 Å². The lowest BCUT2D eigenvalue weighted by Gasteiger charge is -2.04. The molecule has 0 saturated heterocycles. The number of hydrogen-bond acceptors (Lipinski definition) is 4. The van der Waals surface area contributed by atoms with Gasteiger partial charge in [0.15, 0.2) is 5.82 Å². The Kier molecular flexibility index (Phi) is 4.15. The fraction of sp³-hybridized carbons (Fsp3) is 0.0769. The number of halogens is 2. The van der Waals surface area contributed by atoms with E-state index in [1.54, 1.807) is 12.1 Å². The first-order valence-electron chi connectivity index (χ1n) is 5.35. The van der Waals surface area contributed by atoms with Crippen molar-refractivity contribution < 1.29 is 4.39 Å². The van der Waals surface area contributed by atoms with E-state index in [1.165, 1.54) is 23.6 Å². The van der Waals surface area contributed by atoms with E-state index in [0.29, 0.717) is 10.6 Å². The van der Waals surface area contributed by atoms with Crippen molar-refractivity contribution in [3.05, 3.63) is 51.3 Å². The summed E-state index contributed by atoms with van der Waals surface area (Å²) < 4.78 is 13.6. The third-order valence-electron chi connectivity index (χ3n) is 2.29. The normalized spacial score (nSPS) is 11.2. The lowest BCUT2D eigenvalue weighted by Crippen LogP contribution is -1.94. The molecule has 0 unspecified atom stereocenters. The van der Waals surface area contributed by atoms with Crippen molar-refractivity contribution in [2.75, 3.05) is 5.32 Å². The Labute approximate surface area is 119 Å². The fourth-order valence-corrected chi connectivity index (χ4v) is 2.32. The number of thiazole rings is 1. The van der Waals surface area contributed by atoms with Gasteiger partial charge in [0, 0.05) is 17.3 Å². The molecule has 1 aromatic carbocycles. The predicted octanol–water partition coefficient (Wildman–Crippen LogP) is 4.22. The summed E-state index contributed by atoms with van der Waals surface area (Å²) >= 11 is 7.04. The SMILES string of the molecule is Cc1csc(/C(C#N)=C/Nc2cccc(Cl)c2F)n1. The Morgan fingerprint density at radius 1 is 1.58 bits per heavy atom.